The van der Waals surface area contributed by atoms with E-state index in [4.69, 9.17) is 5.73 Å². The molecule has 9 heteroatoms. The Morgan fingerprint density at radius 2 is 2.23 bits per heavy atom. The second-order valence-corrected chi connectivity index (χ2v) is 5.31. The van der Waals surface area contributed by atoms with Crippen molar-refractivity contribution in [3.8, 4) is 0 Å². The number of nitrogens with one attached hydrogen (secondary N) is 2. The number of halogens is 3. The standard InChI is InChI=1S/C13H18F3N5O/c1-7-4-10(13(14,15)16)21-11(20-7)2-3-18-12(22)9-5-8(17)6-19-9/h4,8-9,19H,2-3,5-6,17H2,1H3,(H,18,22)/t8-,9+/m1/s1. The van der Waals surface area contributed by atoms with E-state index < -0.39 is 11.9 Å². The number of aromatic nitrogens is 2. The van der Waals surface area contributed by atoms with Crippen LogP contribution in [-0.4, -0.2) is 41.0 Å². The molecule has 0 saturated carbocycles. The summed E-state index contributed by atoms with van der Waals surface area (Å²) in [5, 5.41) is 5.63. The van der Waals surface area contributed by atoms with Gasteiger partial charge >= 0.3 is 6.18 Å². The molecule has 22 heavy (non-hydrogen) atoms. The summed E-state index contributed by atoms with van der Waals surface area (Å²) in [5.41, 5.74) is 4.96. The monoisotopic (exact) mass is 317 g/mol. The Kier molecular flexibility index (Phi) is 4.97. The molecule has 1 fully saturated rings. The number of aryl methyl sites for hydroxylation is 1. The van der Waals surface area contributed by atoms with E-state index in [9.17, 15) is 18.0 Å². The molecule has 0 spiro atoms. The average Bonchev–Trinajstić information content (AvgIpc) is 2.84. The quantitative estimate of drug-likeness (QED) is 0.735. The van der Waals surface area contributed by atoms with Crippen LogP contribution in [0.4, 0.5) is 13.2 Å². The lowest BCUT2D eigenvalue weighted by Crippen LogP contribution is -2.41. The van der Waals surface area contributed by atoms with Crippen LogP contribution in [0.1, 0.15) is 23.6 Å². The van der Waals surface area contributed by atoms with Crippen molar-refractivity contribution in [2.75, 3.05) is 13.1 Å². The number of nitrogens with two attached hydrogens (primary N) is 1. The van der Waals surface area contributed by atoms with Gasteiger partial charge < -0.3 is 16.4 Å². The number of carbonyl (C=O) groups excluding carboxylic acids is 1. The Hall–Kier alpha value is -1.74. The first-order chi connectivity index (χ1) is 10.3. The van der Waals surface area contributed by atoms with Crippen molar-refractivity contribution in [3.63, 3.8) is 0 Å². The highest BCUT2D eigenvalue weighted by Crippen LogP contribution is 2.27. The molecule has 0 bridgehead atoms. The van der Waals surface area contributed by atoms with Crippen LogP contribution in [0.15, 0.2) is 6.07 Å². The Morgan fingerprint density at radius 3 is 2.82 bits per heavy atom. The predicted octanol–water partition coefficient (Wildman–Crippen LogP) is 0.152. The van der Waals surface area contributed by atoms with Crippen LogP contribution >= 0.6 is 0 Å². The molecule has 122 valence electrons. The number of amides is 1. The first-order valence-electron chi connectivity index (χ1n) is 6.94. The van der Waals surface area contributed by atoms with Gasteiger partial charge in [0, 0.05) is 31.2 Å². The summed E-state index contributed by atoms with van der Waals surface area (Å²) in [4.78, 5) is 19.3. The lowest BCUT2D eigenvalue weighted by atomic mass is 10.2. The maximum Gasteiger partial charge on any atom is 0.433 e. The van der Waals surface area contributed by atoms with Crippen LogP contribution in [0.25, 0.3) is 0 Å². The van der Waals surface area contributed by atoms with Crippen molar-refractivity contribution >= 4 is 5.91 Å². The van der Waals surface area contributed by atoms with Crippen molar-refractivity contribution in [2.45, 2.75) is 38.0 Å². The van der Waals surface area contributed by atoms with Gasteiger partial charge in [-0.15, -0.1) is 0 Å². The van der Waals surface area contributed by atoms with E-state index in [1.165, 1.54) is 6.92 Å². The summed E-state index contributed by atoms with van der Waals surface area (Å²) in [5.74, 6) is -0.152. The highest BCUT2D eigenvalue weighted by molar-refractivity contribution is 5.82. The van der Waals surface area contributed by atoms with Gasteiger partial charge in [0.2, 0.25) is 5.91 Å². The van der Waals surface area contributed by atoms with Crippen molar-refractivity contribution < 1.29 is 18.0 Å². The topological polar surface area (TPSA) is 92.9 Å². The molecule has 0 aromatic carbocycles. The second kappa shape index (κ2) is 6.57. The molecule has 2 rings (SSSR count). The normalized spacial score (nSPS) is 21.9. The zero-order chi connectivity index (χ0) is 16.3. The first kappa shape index (κ1) is 16.6. The molecule has 1 aliphatic rings. The number of nitrogens with zero attached hydrogens (tertiary/aromatic N) is 2. The summed E-state index contributed by atoms with van der Waals surface area (Å²) in [7, 11) is 0. The van der Waals surface area contributed by atoms with Crippen molar-refractivity contribution in [1.29, 1.82) is 0 Å². The third kappa shape index (κ3) is 4.38. The highest BCUT2D eigenvalue weighted by atomic mass is 19.4. The SMILES string of the molecule is Cc1cc(C(F)(F)F)nc(CCNC(=O)[C@@H]2C[C@@H](N)CN2)n1. The van der Waals surface area contributed by atoms with Gasteiger partial charge in [0.25, 0.3) is 0 Å². The van der Waals surface area contributed by atoms with Crippen LogP contribution in [0.3, 0.4) is 0 Å². The van der Waals surface area contributed by atoms with Crippen molar-refractivity contribution in [1.82, 2.24) is 20.6 Å². The van der Waals surface area contributed by atoms with Gasteiger partial charge in [0.05, 0.1) is 6.04 Å². The summed E-state index contributed by atoms with van der Waals surface area (Å²) in [6, 6.07) is 0.496. The minimum Gasteiger partial charge on any atom is -0.354 e. The van der Waals surface area contributed by atoms with Gasteiger partial charge in [-0.3, -0.25) is 4.79 Å². The fourth-order valence-corrected chi connectivity index (χ4v) is 2.27. The van der Waals surface area contributed by atoms with Crippen LogP contribution < -0.4 is 16.4 Å². The Morgan fingerprint density at radius 1 is 1.50 bits per heavy atom. The molecule has 1 saturated heterocycles. The summed E-state index contributed by atoms with van der Waals surface area (Å²) in [6.45, 7) is 2.23. The first-order valence-corrected chi connectivity index (χ1v) is 6.94. The van der Waals surface area contributed by atoms with Crippen LogP contribution in [0.5, 0.6) is 0 Å². The lowest BCUT2D eigenvalue weighted by molar-refractivity contribution is -0.141. The second-order valence-electron chi connectivity index (χ2n) is 5.31. The molecule has 1 aromatic rings. The molecular formula is C13H18F3N5O. The maximum atomic E-state index is 12.7. The molecule has 1 aliphatic heterocycles. The maximum absolute atomic E-state index is 12.7. The van der Waals surface area contributed by atoms with Gasteiger partial charge in [-0.25, -0.2) is 9.97 Å². The number of carbonyl (C=O) groups is 1. The van der Waals surface area contributed by atoms with Crippen LogP contribution in [0, 0.1) is 6.92 Å². The Labute approximate surface area is 125 Å². The van der Waals surface area contributed by atoms with Gasteiger partial charge in [0.1, 0.15) is 11.5 Å². The fourth-order valence-electron chi connectivity index (χ4n) is 2.27. The molecule has 2 heterocycles. The van der Waals surface area contributed by atoms with Crippen molar-refractivity contribution in [2.24, 2.45) is 5.73 Å². The van der Waals surface area contributed by atoms with E-state index >= 15 is 0 Å². The molecule has 4 N–H and O–H groups in total. The van der Waals surface area contributed by atoms with Gasteiger partial charge in [0.15, 0.2) is 0 Å². The summed E-state index contributed by atoms with van der Waals surface area (Å²) >= 11 is 0. The van der Waals surface area contributed by atoms with E-state index in [0.29, 0.717) is 13.0 Å². The van der Waals surface area contributed by atoms with Crippen LogP contribution in [-0.2, 0) is 17.4 Å². The van der Waals surface area contributed by atoms with Gasteiger partial charge in [-0.1, -0.05) is 0 Å². The molecule has 1 aromatic heterocycles. The smallest absolute Gasteiger partial charge is 0.354 e. The summed E-state index contributed by atoms with van der Waals surface area (Å²) < 4.78 is 38.0. The number of hydrogen-bond donors (Lipinski definition) is 3. The highest BCUT2D eigenvalue weighted by Gasteiger charge is 2.33. The number of hydrogen-bond acceptors (Lipinski definition) is 5. The molecular weight excluding hydrogens is 299 g/mol. The van der Waals surface area contributed by atoms with Gasteiger partial charge in [-0.2, -0.15) is 13.2 Å². The minimum atomic E-state index is -4.50. The lowest BCUT2D eigenvalue weighted by Gasteiger charge is -2.12. The third-order valence-electron chi connectivity index (χ3n) is 3.32. The number of alkyl halides is 3. The van der Waals surface area contributed by atoms with Crippen molar-refractivity contribution in [3.05, 3.63) is 23.3 Å². The van der Waals surface area contributed by atoms with E-state index in [0.717, 1.165) is 6.07 Å². The number of rotatable bonds is 4. The largest absolute Gasteiger partial charge is 0.433 e. The summed E-state index contributed by atoms with van der Waals surface area (Å²) in [6.07, 6.45) is -3.82. The van der Waals surface area contributed by atoms with E-state index in [2.05, 4.69) is 20.6 Å². The molecule has 6 nitrogen and oxygen atoms in total. The zero-order valence-corrected chi connectivity index (χ0v) is 12.1. The molecule has 0 unspecified atom stereocenters. The van der Waals surface area contributed by atoms with E-state index in [1.54, 1.807) is 0 Å². The molecule has 2 atom stereocenters. The average molecular weight is 317 g/mol. The third-order valence-corrected chi connectivity index (χ3v) is 3.32. The van der Waals surface area contributed by atoms with E-state index in [1.807, 2.05) is 0 Å². The zero-order valence-electron chi connectivity index (χ0n) is 12.1. The Bertz CT molecular complexity index is 549. The fraction of sp³-hybridized carbons (Fsp3) is 0.615. The minimum absolute atomic E-state index is 0.0507. The Balaban J connectivity index is 1.89. The van der Waals surface area contributed by atoms with Gasteiger partial charge in [-0.05, 0) is 19.4 Å². The molecule has 0 aliphatic carbocycles. The van der Waals surface area contributed by atoms with Crippen LogP contribution in [0.2, 0.25) is 0 Å². The predicted molar refractivity (Wildman–Crippen MR) is 72.9 cm³/mol. The van der Waals surface area contributed by atoms with E-state index in [-0.39, 0.29) is 42.5 Å². The molecule has 0 radical (unpaired) electrons. The molecule has 1 amide bonds.